The zero-order chi connectivity index (χ0) is 16.1. The van der Waals surface area contributed by atoms with E-state index in [0.717, 1.165) is 0 Å². The number of primary amides is 1. The molecule has 0 bridgehead atoms. The van der Waals surface area contributed by atoms with Crippen LogP contribution in [0.4, 0.5) is 5.69 Å². The molecule has 0 aliphatic carbocycles. The van der Waals surface area contributed by atoms with E-state index in [1.165, 1.54) is 48.7 Å². The number of nitro groups is 1. The molecular formula is C14H11N3O5. The summed E-state index contributed by atoms with van der Waals surface area (Å²) in [6, 6.07) is 8.37. The summed E-state index contributed by atoms with van der Waals surface area (Å²) in [5.74, 6) is -1.45. The molecule has 112 valence electrons. The third-order valence-electron chi connectivity index (χ3n) is 2.67. The Kier molecular flexibility index (Phi) is 4.33. The van der Waals surface area contributed by atoms with Gasteiger partial charge < -0.3 is 15.5 Å². The van der Waals surface area contributed by atoms with Crippen molar-refractivity contribution in [2.45, 2.75) is 0 Å². The van der Waals surface area contributed by atoms with Crippen molar-refractivity contribution in [2.75, 3.05) is 0 Å². The molecule has 0 atom stereocenters. The molecule has 2 aromatic rings. The summed E-state index contributed by atoms with van der Waals surface area (Å²) in [5, 5.41) is 12.9. The molecule has 1 aromatic carbocycles. The highest BCUT2D eigenvalue weighted by atomic mass is 16.6. The standard InChI is InChI=1S/C14H11N3O5/c15-13(18)11(16-14(19)12-2-1-7-22-12)8-9-3-5-10(6-4-9)17(20)21/h1-8H,(H2,15,18)(H,16,19). The second kappa shape index (κ2) is 6.35. The van der Waals surface area contributed by atoms with E-state index in [-0.39, 0.29) is 17.1 Å². The van der Waals surface area contributed by atoms with Crippen LogP contribution < -0.4 is 11.1 Å². The Labute approximate surface area is 124 Å². The minimum Gasteiger partial charge on any atom is -0.459 e. The topological polar surface area (TPSA) is 128 Å². The molecule has 0 spiro atoms. The van der Waals surface area contributed by atoms with Crippen molar-refractivity contribution in [2.24, 2.45) is 5.73 Å². The molecule has 8 heteroatoms. The number of furan rings is 1. The first-order chi connectivity index (χ1) is 10.5. The zero-order valence-corrected chi connectivity index (χ0v) is 11.2. The van der Waals surface area contributed by atoms with Gasteiger partial charge in [-0.1, -0.05) is 0 Å². The maximum Gasteiger partial charge on any atom is 0.291 e. The summed E-state index contributed by atoms with van der Waals surface area (Å²) in [4.78, 5) is 33.2. The van der Waals surface area contributed by atoms with E-state index in [1.54, 1.807) is 0 Å². The minimum absolute atomic E-state index is 0.0239. The van der Waals surface area contributed by atoms with Gasteiger partial charge in [0, 0.05) is 12.1 Å². The maximum atomic E-state index is 11.8. The highest BCUT2D eigenvalue weighted by Crippen LogP contribution is 2.14. The van der Waals surface area contributed by atoms with Crippen LogP contribution in [0.15, 0.2) is 52.8 Å². The average molecular weight is 301 g/mol. The Morgan fingerprint density at radius 2 is 1.91 bits per heavy atom. The number of hydrogen-bond acceptors (Lipinski definition) is 5. The van der Waals surface area contributed by atoms with Crippen molar-refractivity contribution in [1.29, 1.82) is 0 Å². The van der Waals surface area contributed by atoms with Gasteiger partial charge >= 0.3 is 0 Å². The number of carbonyl (C=O) groups excluding carboxylic acids is 2. The van der Waals surface area contributed by atoms with Crippen molar-refractivity contribution in [3.05, 3.63) is 69.8 Å². The molecule has 8 nitrogen and oxygen atoms in total. The van der Waals surface area contributed by atoms with Gasteiger partial charge in [0.05, 0.1) is 11.2 Å². The number of rotatable bonds is 5. The first kappa shape index (κ1) is 15.0. The van der Waals surface area contributed by atoms with E-state index in [4.69, 9.17) is 10.2 Å². The van der Waals surface area contributed by atoms with Gasteiger partial charge in [-0.25, -0.2) is 0 Å². The van der Waals surface area contributed by atoms with Gasteiger partial charge in [-0.3, -0.25) is 19.7 Å². The number of carbonyl (C=O) groups is 2. The number of nitrogens with one attached hydrogen (secondary N) is 1. The highest BCUT2D eigenvalue weighted by Gasteiger charge is 2.14. The van der Waals surface area contributed by atoms with Crippen molar-refractivity contribution in [3.63, 3.8) is 0 Å². The first-order valence-corrected chi connectivity index (χ1v) is 6.08. The van der Waals surface area contributed by atoms with Crippen LogP contribution in [-0.2, 0) is 4.79 Å². The summed E-state index contributed by atoms with van der Waals surface area (Å²) in [5.41, 5.74) is 5.43. The van der Waals surface area contributed by atoms with Gasteiger partial charge in [-0.05, 0) is 35.9 Å². The zero-order valence-electron chi connectivity index (χ0n) is 11.2. The Morgan fingerprint density at radius 3 is 2.41 bits per heavy atom. The molecule has 0 radical (unpaired) electrons. The molecule has 1 aromatic heterocycles. The van der Waals surface area contributed by atoms with E-state index >= 15 is 0 Å². The third kappa shape index (κ3) is 3.57. The quantitative estimate of drug-likeness (QED) is 0.490. The number of non-ortho nitro benzene ring substituents is 1. The van der Waals surface area contributed by atoms with Crippen molar-refractivity contribution >= 4 is 23.6 Å². The van der Waals surface area contributed by atoms with E-state index in [2.05, 4.69) is 5.32 Å². The van der Waals surface area contributed by atoms with Gasteiger partial charge in [0.15, 0.2) is 5.76 Å². The van der Waals surface area contributed by atoms with Crippen molar-refractivity contribution < 1.29 is 18.9 Å². The third-order valence-corrected chi connectivity index (χ3v) is 2.67. The predicted molar refractivity (Wildman–Crippen MR) is 76.4 cm³/mol. The van der Waals surface area contributed by atoms with Crippen molar-refractivity contribution in [1.82, 2.24) is 5.32 Å². The molecule has 0 saturated heterocycles. The van der Waals surface area contributed by atoms with Crippen LogP contribution in [0, 0.1) is 10.1 Å². The summed E-state index contributed by atoms with van der Waals surface area (Å²) in [6.45, 7) is 0. The Bertz CT molecular complexity index is 732. The molecule has 2 rings (SSSR count). The van der Waals surface area contributed by atoms with Gasteiger partial charge in [-0.2, -0.15) is 0 Å². The van der Waals surface area contributed by atoms with Crippen LogP contribution in [0.3, 0.4) is 0 Å². The van der Waals surface area contributed by atoms with Gasteiger partial charge in [0.25, 0.3) is 17.5 Å². The molecule has 0 aliphatic heterocycles. The van der Waals surface area contributed by atoms with E-state index in [0.29, 0.717) is 5.56 Å². The highest BCUT2D eigenvalue weighted by molar-refractivity contribution is 6.03. The summed E-state index contributed by atoms with van der Waals surface area (Å²) in [7, 11) is 0. The molecule has 0 fully saturated rings. The van der Waals surface area contributed by atoms with E-state index in [1.807, 2.05) is 0 Å². The fourth-order valence-corrected chi connectivity index (χ4v) is 1.62. The fourth-order valence-electron chi connectivity index (χ4n) is 1.62. The largest absolute Gasteiger partial charge is 0.459 e. The maximum absolute atomic E-state index is 11.8. The molecule has 3 N–H and O–H groups in total. The molecular weight excluding hydrogens is 290 g/mol. The number of hydrogen-bond donors (Lipinski definition) is 2. The second-order valence-electron chi connectivity index (χ2n) is 4.20. The average Bonchev–Trinajstić information content (AvgIpc) is 3.01. The molecule has 0 aliphatic rings. The minimum atomic E-state index is -0.849. The Balaban J connectivity index is 2.21. The SMILES string of the molecule is NC(=O)C(=Cc1ccc([N+](=O)[O-])cc1)NC(=O)c1ccco1. The molecule has 1 heterocycles. The van der Waals surface area contributed by atoms with Crippen LogP contribution in [0.1, 0.15) is 16.1 Å². The number of benzene rings is 1. The number of amides is 2. The monoisotopic (exact) mass is 301 g/mol. The van der Waals surface area contributed by atoms with E-state index in [9.17, 15) is 19.7 Å². The lowest BCUT2D eigenvalue weighted by Crippen LogP contribution is -2.30. The summed E-state index contributed by atoms with van der Waals surface area (Å²) in [6.07, 6.45) is 2.63. The van der Waals surface area contributed by atoms with Gasteiger partial charge in [-0.15, -0.1) is 0 Å². The smallest absolute Gasteiger partial charge is 0.291 e. The fraction of sp³-hybridized carbons (Fsp3) is 0. The van der Waals surface area contributed by atoms with Crippen LogP contribution in [0.25, 0.3) is 6.08 Å². The van der Waals surface area contributed by atoms with Crippen LogP contribution in [0.2, 0.25) is 0 Å². The predicted octanol–water partition coefficient (Wildman–Crippen LogP) is 1.44. The molecule has 2 amide bonds. The first-order valence-electron chi connectivity index (χ1n) is 6.08. The molecule has 22 heavy (non-hydrogen) atoms. The molecule has 0 unspecified atom stereocenters. The van der Waals surface area contributed by atoms with Crippen LogP contribution in [0.5, 0.6) is 0 Å². The van der Waals surface area contributed by atoms with Crippen LogP contribution >= 0.6 is 0 Å². The normalized spacial score (nSPS) is 11.0. The lowest BCUT2D eigenvalue weighted by Gasteiger charge is -2.05. The van der Waals surface area contributed by atoms with E-state index < -0.39 is 16.7 Å². The lowest BCUT2D eigenvalue weighted by atomic mass is 10.1. The summed E-state index contributed by atoms with van der Waals surface area (Å²) < 4.78 is 4.90. The van der Waals surface area contributed by atoms with Gasteiger partial charge in [0.1, 0.15) is 5.70 Å². The van der Waals surface area contributed by atoms with Crippen molar-refractivity contribution in [3.8, 4) is 0 Å². The molecule has 0 saturated carbocycles. The van der Waals surface area contributed by atoms with Crippen LogP contribution in [-0.4, -0.2) is 16.7 Å². The number of nitrogens with zero attached hydrogens (tertiary/aromatic N) is 1. The number of nitro benzene ring substituents is 1. The Hall–Kier alpha value is -3.42. The van der Waals surface area contributed by atoms with Gasteiger partial charge in [0.2, 0.25) is 0 Å². The lowest BCUT2D eigenvalue weighted by molar-refractivity contribution is -0.384. The summed E-state index contributed by atoms with van der Waals surface area (Å²) >= 11 is 0. The second-order valence-corrected chi connectivity index (χ2v) is 4.20. The number of nitrogens with two attached hydrogens (primary N) is 1. The Morgan fingerprint density at radius 1 is 1.23 bits per heavy atom.